The Balaban J connectivity index is 2.58. The number of benzene rings is 1. The molecular formula is C12H15N3O. The highest BCUT2D eigenvalue weighted by molar-refractivity contribution is 5.78. The Bertz CT molecular complexity index is 510. The summed E-state index contributed by atoms with van der Waals surface area (Å²) in [6, 6.07) is 7.81. The average molecular weight is 217 g/mol. The van der Waals surface area contributed by atoms with Crippen LogP contribution in [0.5, 0.6) is 0 Å². The molecule has 0 aliphatic rings. The third-order valence-corrected chi connectivity index (χ3v) is 2.61. The lowest BCUT2D eigenvalue weighted by molar-refractivity contribution is 0.238. The van der Waals surface area contributed by atoms with E-state index in [1.165, 1.54) is 0 Å². The zero-order valence-corrected chi connectivity index (χ0v) is 9.71. The number of para-hydroxylation sites is 1. The lowest BCUT2D eigenvalue weighted by atomic mass is 9.93. The summed E-state index contributed by atoms with van der Waals surface area (Å²) in [5.74, 6) is 0. The van der Waals surface area contributed by atoms with Crippen molar-refractivity contribution in [2.75, 3.05) is 0 Å². The van der Waals surface area contributed by atoms with Gasteiger partial charge in [-0.3, -0.25) is 0 Å². The van der Waals surface area contributed by atoms with Crippen LogP contribution in [0.1, 0.15) is 26.9 Å². The van der Waals surface area contributed by atoms with Gasteiger partial charge < -0.3 is 0 Å². The Hall–Kier alpha value is -1.71. The number of nitrogens with zero attached hydrogens (tertiary/aromatic N) is 3. The van der Waals surface area contributed by atoms with Crippen LogP contribution in [0.2, 0.25) is 0 Å². The molecule has 1 atom stereocenters. The Labute approximate surface area is 94.2 Å². The first-order valence-electron chi connectivity index (χ1n) is 5.29. The highest BCUT2D eigenvalue weighted by Crippen LogP contribution is 2.33. The molecule has 16 heavy (non-hydrogen) atoms. The molecule has 84 valence electrons. The minimum Gasteiger partial charge on any atom is -0.236 e. The van der Waals surface area contributed by atoms with Gasteiger partial charge in [0.2, 0.25) is 0 Å². The van der Waals surface area contributed by atoms with Crippen molar-refractivity contribution in [2.24, 2.45) is 10.6 Å². The molecule has 0 bridgehead atoms. The van der Waals surface area contributed by atoms with Gasteiger partial charge in [0.1, 0.15) is 0 Å². The fourth-order valence-corrected chi connectivity index (χ4v) is 1.76. The van der Waals surface area contributed by atoms with Crippen molar-refractivity contribution in [3.63, 3.8) is 0 Å². The zero-order valence-electron chi connectivity index (χ0n) is 9.71. The molecule has 0 spiro atoms. The van der Waals surface area contributed by atoms with E-state index in [0.717, 1.165) is 10.9 Å². The molecule has 0 aliphatic heterocycles. The number of hydrogen-bond donors (Lipinski definition) is 0. The normalized spacial score (nSPS) is 13.9. The van der Waals surface area contributed by atoms with Crippen molar-refractivity contribution in [3.8, 4) is 0 Å². The fraction of sp³-hybridized carbons (Fsp3) is 0.417. The van der Waals surface area contributed by atoms with E-state index in [1.54, 1.807) is 10.9 Å². The summed E-state index contributed by atoms with van der Waals surface area (Å²) in [5, 5.41) is 8.49. The van der Waals surface area contributed by atoms with Gasteiger partial charge in [0.25, 0.3) is 0 Å². The van der Waals surface area contributed by atoms with Gasteiger partial charge in [0.15, 0.2) is 6.17 Å². The van der Waals surface area contributed by atoms with Gasteiger partial charge in [-0.05, 0) is 11.2 Å². The second-order valence-corrected chi connectivity index (χ2v) is 4.99. The first-order valence-corrected chi connectivity index (χ1v) is 5.29. The van der Waals surface area contributed by atoms with E-state index in [1.807, 2.05) is 45.0 Å². The van der Waals surface area contributed by atoms with Crippen molar-refractivity contribution in [2.45, 2.75) is 26.9 Å². The molecule has 4 nitrogen and oxygen atoms in total. The molecule has 2 aromatic rings. The molecule has 0 aliphatic carbocycles. The Morgan fingerprint density at radius 3 is 2.62 bits per heavy atom. The fourth-order valence-electron chi connectivity index (χ4n) is 1.76. The topological polar surface area (TPSA) is 47.2 Å². The molecule has 0 amide bonds. The van der Waals surface area contributed by atoms with Crippen LogP contribution in [0, 0.1) is 10.3 Å². The molecule has 0 fully saturated rings. The molecule has 1 aromatic heterocycles. The van der Waals surface area contributed by atoms with E-state index < -0.39 is 6.17 Å². The number of hydrogen-bond acceptors (Lipinski definition) is 3. The van der Waals surface area contributed by atoms with Crippen molar-refractivity contribution < 1.29 is 0 Å². The van der Waals surface area contributed by atoms with Crippen molar-refractivity contribution in [1.29, 1.82) is 0 Å². The van der Waals surface area contributed by atoms with Crippen LogP contribution in [0.15, 0.2) is 35.6 Å². The number of rotatable bonds is 2. The summed E-state index contributed by atoms with van der Waals surface area (Å²) in [5.41, 5.74) is 0.707. The van der Waals surface area contributed by atoms with Gasteiger partial charge in [0, 0.05) is 10.8 Å². The van der Waals surface area contributed by atoms with Gasteiger partial charge in [-0.2, -0.15) is 5.10 Å². The van der Waals surface area contributed by atoms with Crippen molar-refractivity contribution in [1.82, 2.24) is 9.78 Å². The molecule has 1 aromatic carbocycles. The molecule has 1 unspecified atom stereocenters. The smallest absolute Gasteiger partial charge is 0.188 e. The van der Waals surface area contributed by atoms with Crippen LogP contribution in [0.25, 0.3) is 10.9 Å². The molecule has 1 heterocycles. The van der Waals surface area contributed by atoms with Crippen molar-refractivity contribution >= 4 is 10.9 Å². The van der Waals surface area contributed by atoms with Crippen LogP contribution in [0.4, 0.5) is 0 Å². The maximum Gasteiger partial charge on any atom is 0.188 e. The highest BCUT2D eigenvalue weighted by Gasteiger charge is 2.29. The van der Waals surface area contributed by atoms with E-state index >= 15 is 0 Å². The Morgan fingerprint density at radius 2 is 2.00 bits per heavy atom. The lowest BCUT2D eigenvalue weighted by Crippen LogP contribution is -2.23. The van der Waals surface area contributed by atoms with Gasteiger partial charge in [-0.25, -0.2) is 4.68 Å². The minimum atomic E-state index is -0.479. The first-order chi connectivity index (χ1) is 7.54. The first kappa shape index (κ1) is 10.8. The largest absolute Gasteiger partial charge is 0.236 e. The zero-order chi connectivity index (χ0) is 11.8. The van der Waals surface area contributed by atoms with E-state index in [2.05, 4.69) is 10.3 Å². The van der Waals surface area contributed by atoms with Gasteiger partial charge in [0.05, 0.1) is 11.7 Å². The molecule has 0 N–H and O–H groups in total. The van der Waals surface area contributed by atoms with E-state index in [0.29, 0.717) is 0 Å². The van der Waals surface area contributed by atoms with E-state index in [9.17, 15) is 4.91 Å². The number of fused-ring (bicyclic) bond motifs is 1. The lowest BCUT2D eigenvalue weighted by Gasteiger charge is -2.25. The summed E-state index contributed by atoms with van der Waals surface area (Å²) >= 11 is 0. The predicted octanol–water partition coefficient (Wildman–Crippen LogP) is 3.35. The minimum absolute atomic E-state index is 0.240. The summed E-state index contributed by atoms with van der Waals surface area (Å²) in [6.07, 6.45) is 1.28. The van der Waals surface area contributed by atoms with E-state index in [-0.39, 0.29) is 5.41 Å². The number of nitroso groups, excluding NO2 is 1. The highest BCUT2D eigenvalue weighted by atomic mass is 16.3. The van der Waals surface area contributed by atoms with Gasteiger partial charge >= 0.3 is 0 Å². The maximum atomic E-state index is 11.0. The standard InChI is InChI=1S/C12H15N3O/c1-12(2,3)11(14-16)15-10-7-5-4-6-9(10)8-13-15/h4-8,11H,1-3H3. The quantitative estimate of drug-likeness (QED) is 0.724. The monoisotopic (exact) mass is 217 g/mol. The summed E-state index contributed by atoms with van der Waals surface area (Å²) in [6.45, 7) is 5.94. The maximum absolute atomic E-state index is 11.0. The summed E-state index contributed by atoms with van der Waals surface area (Å²) in [7, 11) is 0. The molecule has 0 saturated carbocycles. The predicted molar refractivity (Wildman–Crippen MR) is 64.0 cm³/mol. The van der Waals surface area contributed by atoms with Crippen LogP contribution >= 0.6 is 0 Å². The Kier molecular flexibility index (Phi) is 2.50. The molecular weight excluding hydrogens is 202 g/mol. The molecule has 4 heteroatoms. The molecule has 0 saturated heterocycles. The molecule has 2 rings (SSSR count). The van der Waals surface area contributed by atoms with Gasteiger partial charge in [-0.15, -0.1) is 4.91 Å². The van der Waals surface area contributed by atoms with Gasteiger partial charge in [-0.1, -0.05) is 39.0 Å². The second-order valence-electron chi connectivity index (χ2n) is 4.99. The van der Waals surface area contributed by atoms with Crippen LogP contribution < -0.4 is 0 Å². The van der Waals surface area contributed by atoms with Crippen LogP contribution in [-0.4, -0.2) is 9.78 Å². The summed E-state index contributed by atoms with van der Waals surface area (Å²) in [4.78, 5) is 11.0. The number of aromatic nitrogens is 2. The SMILES string of the molecule is CC(C)(C)C(N=O)n1ncc2ccccc21. The molecule has 0 radical (unpaired) electrons. The average Bonchev–Trinajstić information content (AvgIpc) is 2.61. The van der Waals surface area contributed by atoms with Crippen molar-refractivity contribution in [3.05, 3.63) is 35.4 Å². The third-order valence-electron chi connectivity index (χ3n) is 2.61. The van der Waals surface area contributed by atoms with E-state index in [4.69, 9.17) is 0 Å². The van der Waals surface area contributed by atoms with Crippen LogP contribution in [0.3, 0.4) is 0 Å². The Morgan fingerprint density at radius 1 is 1.31 bits per heavy atom. The second kappa shape index (κ2) is 3.70. The van der Waals surface area contributed by atoms with Crippen LogP contribution in [-0.2, 0) is 0 Å². The summed E-state index contributed by atoms with van der Waals surface area (Å²) < 4.78 is 1.70. The third kappa shape index (κ3) is 1.71.